The molecule has 16 N–H and O–H groups in total. The van der Waals surface area contributed by atoms with Crippen LogP contribution in [0.1, 0.15) is 55.5 Å². The second kappa shape index (κ2) is 25.9. The summed E-state index contributed by atoms with van der Waals surface area (Å²) in [5.41, 5.74) is 19.7. The number of aliphatic carboxylic acids is 2. The Balaban J connectivity index is 1.37. The highest BCUT2D eigenvalue weighted by atomic mass is 16.4. The van der Waals surface area contributed by atoms with Crippen LogP contribution in [0, 0.1) is 5.92 Å². The van der Waals surface area contributed by atoms with E-state index in [1.54, 1.807) is 80.7 Å². The second-order valence-corrected chi connectivity index (χ2v) is 17.6. The number of aromatic hydroxyl groups is 1. The summed E-state index contributed by atoms with van der Waals surface area (Å²) in [7, 11) is 0. The number of carbonyl (C=O) groups is 8. The van der Waals surface area contributed by atoms with Crippen LogP contribution in [-0.4, -0.2) is 133 Å². The number of nitrogens with one attached hydrogen (secondary N) is 7. The molecule has 0 aliphatic carbocycles. The van der Waals surface area contributed by atoms with E-state index in [0.717, 1.165) is 0 Å². The maximum Gasteiger partial charge on any atom is 0.326 e. The Morgan fingerprint density at radius 2 is 1.51 bits per heavy atom. The van der Waals surface area contributed by atoms with E-state index < -0.39 is 103 Å². The summed E-state index contributed by atoms with van der Waals surface area (Å²) in [6.45, 7) is 2.72. The van der Waals surface area contributed by atoms with Crippen LogP contribution in [0.5, 0.6) is 5.75 Å². The largest absolute Gasteiger partial charge is 0.508 e. The number of rotatable bonds is 25. The molecule has 6 amide bonds. The molecule has 0 saturated carbocycles. The number of guanidine groups is 1. The number of carboxylic acids is 2. The molecule has 0 spiro atoms. The lowest BCUT2D eigenvalue weighted by Gasteiger charge is -2.28. The van der Waals surface area contributed by atoms with Crippen LogP contribution in [-0.2, 0) is 64.2 Å². The molecule has 384 valence electrons. The maximum atomic E-state index is 14.3. The molecule has 0 fully saturated rings. The Hall–Kier alpha value is -8.54. The van der Waals surface area contributed by atoms with Gasteiger partial charge in [0, 0.05) is 55.6 Å². The predicted molar refractivity (Wildman–Crippen MR) is 262 cm³/mol. The number of benzene rings is 3. The smallest absolute Gasteiger partial charge is 0.326 e. The van der Waals surface area contributed by atoms with Crippen molar-refractivity contribution < 1.29 is 53.7 Å². The first-order chi connectivity index (χ1) is 34.3. The number of phenolic OH excluding ortho intramolecular Hbond substituents is 1. The van der Waals surface area contributed by atoms with Crippen molar-refractivity contribution in [1.29, 1.82) is 0 Å². The summed E-state index contributed by atoms with van der Waals surface area (Å²) in [4.78, 5) is 118. The van der Waals surface area contributed by atoms with Crippen molar-refractivity contribution in [3.8, 4) is 5.75 Å². The Morgan fingerprint density at radius 1 is 0.833 bits per heavy atom. The van der Waals surface area contributed by atoms with Gasteiger partial charge in [-0.2, -0.15) is 0 Å². The van der Waals surface area contributed by atoms with Crippen molar-refractivity contribution in [2.45, 2.75) is 95.2 Å². The SMILES string of the molecule is CC(C)[C@H](NC(=O)[C@H](CCCN=C(N)N)NC(=O)[C@@H](N)CC(=O)O)C(=O)N[C@@H](Cc1ccc(O)cc1)C(=O)Nc1ccc2c(c1)CN(CC(=O)N[C@@H](Cc1ccccc1)C(=O)O)C(=O)[C@H](Cc1cnc[nH]1)N2. The van der Waals surface area contributed by atoms with Gasteiger partial charge in [-0.25, -0.2) is 9.78 Å². The van der Waals surface area contributed by atoms with Crippen LogP contribution in [0.25, 0.3) is 0 Å². The Labute approximate surface area is 414 Å². The zero-order chi connectivity index (χ0) is 52.5. The standard InChI is InChI=1S/C48H61N13O11/c1-26(2)41(60-43(67)35(9-6-16-53-48(50)51)58-42(66)33(49)21-40(64)65)45(69)59-36(17-28-10-13-32(62)14-11-28)44(68)55-30-12-15-34-29(19-30)23-61(46(70)37(56-34)20-31-22-52-25-54-31)24-39(63)57-38(47(71)72)18-27-7-4-3-5-8-27/h3-5,7-8,10-15,19,22,25-26,33,35-38,41,56,62H,6,9,16-18,20-21,23-24,49H2,1-2H3,(H,52,54)(H,55,68)(H,57,63)(H,58,66)(H,59,69)(H,60,67)(H,64,65)(H,71,72)(H4,50,51,53)/t33-,35-,36-,37-,38-,41-/m0/s1. The molecule has 1 aromatic heterocycles. The molecule has 0 radical (unpaired) electrons. The molecule has 24 nitrogen and oxygen atoms in total. The van der Waals surface area contributed by atoms with E-state index in [1.165, 1.54) is 23.4 Å². The fraction of sp³-hybridized carbons (Fsp3) is 0.375. The first-order valence-corrected chi connectivity index (χ1v) is 23.0. The fourth-order valence-electron chi connectivity index (χ4n) is 7.74. The Kier molecular flexibility index (Phi) is 19.6. The average Bonchev–Trinajstić information content (AvgIpc) is 3.80. The van der Waals surface area contributed by atoms with Crippen molar-refractivity contribution in [3.63, 3.8) is 0 Å². The van der Waals surface area contributed by atoms with Gasteiger partial charge >= 0.3 is 11.9 Å². The van der Waals surface area contributed by atoms with Crippen LogP contribution in [0.4, 0.5) is 11.4 Å². The highest BCUT2D eigenvalue weighted by Crippen LogP contribution is 2.28. The fourth-order valence-corrected chi connectivity index (χ4v) is 7.74. The molecule has 1 aliphatic heterocycles. The van der Waals surface area contributed by atoms with E-state index >= 15 is 0 Å². The van der Waals surface area contributed by atoms with Gasteiger partial charge < -0.3 is 74.3 Å². The van der Waals surface area contributed by atoms with E-state index in [1.807, 2.05) is 0 Å². The van der Waals surface area contributed by atoms with Crippen LogP contribution >= 0.6 is 0 Å². The molecule has 0 bridgehead atoms. The van der Waals surface area contributed by atoms with Gasteiger partial charge in [0.2, 0.25) is 35.4 Å². The number of fused-ring (bicyclic) bond motifs is 1. The molecule has 24 heteroatoms. The molecule has 6 atom stereocenters. The Morgan fingerprint density at radius 3 is 2.15 bits per heavy atom. The third kappa shape index (κ3) is 16.6. The van der Waals surface area contributed by atoms with E-state index in [-0.39, 0.29) is 62.6 Å². The lowest BCUT2D eigenvalue weighted by atomic mass is 9.99. The van der Waals surface area contributed by atoms with E-state index in [9.17, 15) is 48.6 Å². The lowest BCUT2D eigenvalue weighted by Crippen LogP contribution is -2.59. The average molecular weight is 996 g/mol. The number of anilines is 2. The van der Waals surface area contributed by atoms with Crippen LogP contribution in [0.15, 0.2) is 90.3 Å². The number of hydrogen-bond donors (Lipinski definition) is 13. The van der Waals surface area contributed by atoms with Gasteiger partial charge in [0.05, 0.1) is 25.3 Å². The summed E-state index contributed by atoms with van der Waals surface area (Å²) >= 11 is 0. The highest BCUT2D eigenvalue weighted by molar-refractivity contribution is 6.00. The van der Waals surface area contributed by atoms with E-state index in [0.29, 0.717) is 28.1 Å². The molecular formula is C48H61N13O11. The summed E-state index contributed by atoms with van der Waals surface area (Å²) in [5, 5.41) is 45.5. The number of phenols is 1. The summed E-state index contributed by atoms with van der Waals surface area (Å²) in [6, 6.07) is 11.9. The number of amides is 6. The second-order valence-electron chi connectivity index (χ2n) is 17.6. The minimum Gasteiger partial charge on any atom is -0.508 e. The predicted octanol–water partition coefficient (Wildman–Crippen LogP) is -0.560. The zero-order valence-electron chi connectivity index (χ0n) is 39.7. The number of nitrogens with two attached hydrogens (primary N) is 3. The van der Waals surface area contributed by atoms with Crippen molar-refractivity contribution in [1.82, 2.24) is 36.1 Å². The number of carboxylic acid groups (broad SMARTS) is 2. The monoisotopic (exact) mass is 995 g/mol. The maximum absolute atomic E-state index is 14.3. The third-order valence-corrected chi connectivity index (χ3v) is 11.5. The molecule has 5 rings (SSSR count). The minimum atomic E-state index is -1.49. The number of H-pyrrole nitrogens is 1. The summed E-state index contributed by atoms with van der Waals surface area (Å²) in [6.07, 6.45) is 2.51. The van der Waals surface area contributed by atoms with Gasteiger partial charge in [-0.1, -0.05) is 56.3 Å². The summed E-state index contributed by atoms with van der Waals surface area (Å²) < 4.78 is 0. The normalized spacial score (nSPS) is 15.2. The molecule has 3 aromatic carbocycles. The highest BCUT2D eigenvalue weighted by Gasteiger charge is 2.35. The molecular weight excluding hydrogens is 935 g/mol. The number of aromatic nitrogens is 2. The van der Waals surface area contributed by atoms with Gasteiger partial charge in [-0.15, -0.1) is 0 Å². The van der Waals surface area contributed by atoms with Gasteiger partial charge in [0.15, 0.2) is 5.96 Å². The van der Waals surface area contributed by atoms with Crippen molar-refractivity contribution in [3.05, 3.63) is 108 Å². The van der Waals surface area contributed by atoms with Crippen molar-refractivity contribution in [2.75, 3.05) is 23.7 Å². The van der Waals surface area contributed by atoms with E-state index in [4.69, 9.17) is 22.3 Å². The van der Waals surface area contributed by atoms with Gasteiger partial charge in [-0.05, 0) is 65.8 Å². The molecule has 72 heavy (non-hydrogen) atoms. The van der Waals surface area contributed by atoms with Gasteiger partial charge in [-0.3, -0.25) is 38.6 Å². The van der Waals surface area contributed by atoms with Gasteiger partial charge in [0.25, 0.3) is 0 Å². The van der Waals surface area contributed by atoms with E-state index in [2.05, 4.69) is 46.9 Å². The first-order valence-electron chi connectivity index (χ1n) is 23.0. The first kappa shape index (κ1) is 54.4. The van der Waals surface area contributed by atoms with Crippen LogP contribution in [0.2, 0.25) is 0 Å². The Bertz CT molecular complexity index is 2570. The lowest BCUT2D eigenvalue weighted by molar-refractivity contribution is -0.143. The van der Waals surface area contributed by atoms with Crippen molar-refractivity contribution in [2.24, 2.45) is 28.1 Å². The summed E-state index contributed by atoms with van der Waals surface area (Å²) in [5.74, 6) is -7.82. The number of nitrogens with zero attached hydrogens (tertiary/aromatic N) is 3. The topological polar surface area (TPSA) is 392 Å². The molecule has 2 heterocycles. The number of carbonyl (C=O) groups excluding carboxylic acids is 6. The van der Waals surface area contributed by atoms with Crippen molar-refractivity contribution >= 4 is 64.7 Å². The quantitative estimate of drug-likeness (QED) is 0.0225. The third-order valence-electron chi connectivity index (χ3n) is 11.5. The van der Waals surface area contributed by atoms with Crippen LogP contribution in [0.3, 0.4) is 0 Å². The molecule has 4 aromatic rings. The molecule has 0 unspecified atom stereocenters. The number of imidazole rings is 1. The molecule has 1 aliphatic rings. The van der Waals surface area contributed by atoms with Crippen LogP contribution < -0.4 is 49.1 Å². The minimum absolute atomic E-state index is 0.00275. The molecule has 0 saturated heterocycles. The number of hydrogen-bond acceptors (Lipinski definition) is 13. The zero-order valence-corrected chi connectivity index (χ0v) is 39.7. The number of aliphatic imine (C=N–C) groups is 1. The van der Waals surface area contributed by atoms with Gasteiger partial charge in [0.1, 0.15) is 36.0 Å². The number of aromatic amines is 1.